The van der Waals surface area contributed by atoms with E-state index in [9.17, 15) is 9.59 Å². The number of carbonyl (C=O) groups excluding carboxylic acids is 2. The van der Waals surface area contributed by atoms with Crippen molar-refractivity contribution in [1.29, 1.82) is 5.26 Å². The van der Waals surface area contributed by atoms with Crippen molar-refractivity contribution in [1.82, 2.24) is 0 Å². The minimum atomic E-state index is -0.410. The van der Waals surface area contributed by atoms with Crippen LogP contribution in [0.1, 0.15) is 23.3 Å². The molecule has 5 rings (SSSR count). The lowest BCUT2D eigenvalue weighted by molar-refractivity contribution is -0.120. The quantitative estimate of drug-likeness (QED) is 0.586. The third-order valence-corrected chi connectivity index (χ3v) is 6.60. The zero-order valence-electron chi connectivity index (χ0n) is 17.2. The molecule has 0 saturated carbocycles. The Morgan fingerprint density at radius 2 is 1.56 bits per heavy atom. The Bertz CT molecular complexity index is 1230. The van der Waals surface area contributed by atoms with Gasteiger partial charge in [0.1, 0.15) is 5.70 Å². The zero-order chi connectivity index (χ0) is 22.1. The molecule has 3 aromatic rings. The highest BCUT2D eigenvalue weighted by molar-refractivity contribution is 7.11. The van der Waals surface area contributed by atoms with Gasteiger partial charge in [0.25, 0.3) is 11.8 Å². The third-order valence-electron chi connectivity index (χ3n) is 5.71. The summed E-state index contributed by atoms with van der Waals surface area (Å²) in [6.07, 6.45) is 2.41. The molecule has 158 valence electrons. The number of nitrogens with one attached hydrogen (secondary N) is 1. The maximum absolute atomic E-state index is 13.4. The second-order valence-corrected chi connectivity index (χ2v) is 8.65. The number of anilines is 3. The van der Waals surface area contributed by atoms with Gasteiger partial charge in [0.2, 0.25) is 0 Å². The number of amides is 2. The van der Waals surface area contributed by atoms with Gasteiger partial charge in [-0.25, -0.2) is 4.90 Å². The molecule has 1 aromatic heterocycles. The van der Waals surface area contributed by atoms with Crippen LogP contribution in [0.15, 0.2) is 71.7 Å². The third kappa shape index (κ3) is 3.55. The smallest absolute Gasteiger partial charge is 0.282 e. The fraction of sp³-hybridized carbons (Fsp3) is 0.160. The molecule has 2 amide bonds. The Balaban J connectivity index is 1.48. The Kier molecular flexibility index (Phi) is 5.21. The van der Waals surface area contributed by atoms with Crippen LogP contribution in [0, 0.1) is 11.3 Å². The predicted molar refractivity (Wildman–Crippen MR) is 126 cm³/mol. The molecule has 2 aliphatic rings. The Morgan fingerprint density at radius 1 is 0.875 bits per heavy atom. The van der Waals surface area contributed by atoms with E-state index >= 15 is 0 Å². The molecule has 32 heavy (non-hydrogen) atoms. The van der Waals surface area contributed by atoms with E-state index in [1.807, 2.05) is 41.8 Å². The number of benzene rings is 2. The van der Waals surface area contributed by atoms with E-state index in [-0.39, 0.29) is 11.6 Å². The van der Waals surface area contributed by atoms with Gasteiger partial charge in [-0.3, -0.25) is 9.59 Å². The minimum Gasteiger partial charge on any atom is -0.372 e. The SMILES string of the molecule is N#Cc1ccc(N2C(=O)C(Nc3ccc(N4CCCC4)cc3)=C(c3cccs3)C2=O)cc1. The molecule has 1 N–H and O–H groups in total. The summed E-state index contributed by atoms with van der Waals surface area (Å²) < 4.78 is 0. The van der Waals surface area contributed by atoms with E-state index in [0.29, 0.717) is 16.8 Å². The van der Waals surface area contributed by atoms with Gasteiger partial charge >= 0.3 is 0 Å². The predicted octanol–water partition coefficient (Wildman–Crippen LogP) is 4.62. The summed E-state index contributed by atoms with van der Waals surface area (Å²) in [6.45, 7) is 2.12. The molecule has 1 fully saturated rings. The maximum atomic E-state index is 13.4. The number of imide groups is 1. The first-order valence-electron chi connectivity index (χ1n) is 10.4. The van der Waals surface area contributed by atoms with Gasteiger partial charge in [0.15, 0.2) is 0 Å². The Labute approximate surface area is 190 Å². The van der Waals surface area contributed by atoms with Crippen molar-refractivity contribution in [2.45, 2.75) is 12.8 Å². The van der Waals surface area contributed by atoms with Crippen LogP contribution >= 0.6 is 11.3 Å². The van der Waals surface area contributed by atoms with Crippen LogP contribution in [0.2, 0.25) is 0 Å². The second-order valence-electron chi connectivity index (χ2n) is 7.70. The Hall–Kier alpha value is -3.89. The summed E-state index contributed by atoms with van der Waals surface area (Å²) in [5.74, 6) is -0.787. The van der Waals surface area contributed by atoms with Crippen molar-refractivity contribution in [3.05, 3.63) is 82.2 Å². The molecule has 2 aromatic carbocycles. The van der Waals surface area contributed by atoms with Crippen LogP contribution < -0.4 is 15.1 Å². The maximum Gasteiger partial charge on any atom is 0.282 e. The van der Waals surface area contributed by atoms with E-state index in [1.54, 1.807) is 24.3 Å². The molecule has 0 bridgehead atoms. The van der Waals surface area contributed by atoms with Crippen molar-refractivity contribution < 1.29 is 9.59 Å². The average Bonchev–Trinajstić information content (AvgIpc) is 3.58. The van der Waals surface area contributed by atoms with Gasteiger partial charge in [-0.2, -0.15) is 5.26 Å². The number of nitriles is 1. The molecular weight excluding hydrogens is 420 g/mol. The summed E-state index contributed by atoms with van der Waals surface area (Å²) in [6, 6.07) is 20.1. The number of rotatable bonds is 5. The molecule has 3 heterocycles. The van der Waals surface area contributed by atoms with Crippen molar-refractivity contribution in [3.63, 3.8) is 0 Å². The molecule has 0 radical (unpaired) electrons. The van der Waals surface area contributed by atoms with E-state index in [1.165, 1.54) is 24.2 Å². The lowest BCUT2D eigenvalue weighted by Crippen LogP contribution is -2.32. The zero-order valence-corrected chi connectivity index (χ0v) is 18.1. The van der Waals surface area contributed by atoms with Crippen LogP contribution in [0.5, 0.6) is 0 Å². The molecule has 0 unspecified atom stereocenters. The van der Waals surface area contributed by atoms with E-state index < -0.39 is 5.91 Å². The molecule has 1 saturated heterocycles. The molecule has 7 heteroatoms. The lowest BCUT2D eigenvalue weighted by Gasteiger charge is -2.18. The summed E-state index contributed by atoms with van der Waals surface area (Å²) >= 11 is 1.42. The van der Waals surface area contributed by atoms with Gasteiger partial charge in [0.05, 0.1) is 22.9 Å². The highest BCUT2D eigenvalue weighted by Crippen LogP contribution is 2.36. The highest BCUT2D eigenvalue weighted by atomic mass is 32.1. The summed E-state index contributed by atoms with van der Waals surface area (Å²) in [4.78, 5) is 31.0. The standard InChI is InChI=1S/C25H20N4O2S/c26-16-17-5-9-20(10-6-17)29-24(30)22(21-4-3-15-32-21)23(25(29)31)27-18-7-11-19(12-8-18)28-13-1-2-14-28/h3-12,15,27H,1-2,13-14H2. The van der Waals surface area contributed by atoms with Crippen LogP contribution in [0.25, 0.3) is 5.57 Å². The van der Waals surface area contributed by atoms with Gasteiger partial charge in [-0.05, 0) is 72.8 Å². The van der Waals surface area contributed by atoms with E-state index in [0.717, 1.165) is 34.2 Å². The topological polar surface area (TPSA) is 76.4 Å². The minimum absolute atomic E-state index is 0.260. The van der Waals surface area contributed by atoms with Gasteiger partial charge in [-0.1, -0.05) is 6.07 Å². The molecule has 6 nitrogen and oxygen atoms in total. The number of hydrogen-bond acceptors (Lipinski definition) is 6. The van der Waals surface area contributed by atoms with Crippen molar-refractivity contribution in [2.24, 2.45) is 0 Å². The summed E-state index contributed by atoms with van der Waals surface area (Å²) in [5, 5.41) is 14.1. The average molecular weight is 441 g/mol. The monoisotopic (exact) mass is 440 g/mol. The highest BCUT2D eigenvalue weighted by Gasteiger charge is 2.40. The largest absolute Gasteiger partial charge is 0.372 e. The number of hydrogen-bond donors (Lipinski definition) is 1. The number of thiophene rings is 1. The van der Waals surface area contributed by atoms with E-state index in [2.05, 4.69) is 16.3 Å². The fourth-order valence-electron chi connectivity index (χ4n) is 4.09. The summed E-state index contributed by atoms with van der Waals surface area (Å²) in [7, 11) is 0. The van der Waals surface area contributed by atoms with Crippen LogP contribution in [0.4, 0.5) is 17.1 Å². The first-order valence-corrected chi connectivity index (χ1v) is 11.3. The fourth-order valence-corrected chi connectivity index (χ4v) is 4.86. The Morgan fingerprint density at radius 3 is 2.19 bits per heavy atom. The van der Waals surface area contributed by atoms with Crippen molar-refractivity contribution in [3.8, 4) is 6.07 Å². The van der Waals surface area contributed by atoms with Crippen molar-refractivity contribution >= 4 is 45.8 Å². The first-order chi connectivity index (χ1) is 15.7. The van der Waals surface area contributed by atoms with Gasteiger partial charge in [0, 0.05) is 29.3 Å². The first kappa shape index (κ1) is 20.0. The van der Waals surface area contributed by atoms with Crippen LogP contribution in [-0.4, -0.2) is 24.9 Å². The van der Waals surface area contributed by atoms with E-state index in [4.69, 9.17) is 5.26 Å². The van der Waals surface area contributed by atoms with Gasteiger partial charge < -0.3 is 10.2 Å². The van der Waals surface area contributed by atoms with Crippen molar-refractivity contribution in [2.75, 3.05) is 28.2 Å². The lowest BCUT2D eigenvalue weighted by atomic mass is 10.1. The molecular formula is C25H20N4O2S. The molecule has 0 spiro atoms. The van der Waals surface area contributed by atoms with Crippen LogP contribution in [-0.2, 0) is 9.59 Å². The van der Waals surface area contributed by atoms with Gasteiger partial charge in [-0.15, -0.1) is 11.3 Å². The number of nitrogens with zero attached hydrogens (tertiary/aromatic N) is 3. The molecule has 2 aliphatic heterocycles. The van der Waals surface area contributed by atoms with Crippen LogP contribution in [0.3, 0.4) is 0 Å². The summed E-state index contributed by atoms with van der Waals surface area (Å²) in [5.41, 5.74) is 3.44. The molecule has 0 aliphatic carbocycles. The second kappa shape index (κ2) is 8.33. The number of carbonyl (C=O) groups is 2. The normalized spacial score (nSPS) is 16.1. The molecule has 0 atom stereocenters.